The zero-order chi connectivity index (χ0) is 13.9. The van der Waals surface area contributed by atoms with Gasteiger partial charge in [0.15, 0.2) is 0 Å². The van der Waals surface area contributed by atoms with Crippen LogP contribution in [0.5, 0.6) is 0 Å². The van der Waals surface area contributed by atoms with Crippen molar-refractivity contribution in [3.63, 3.8) is 0 Å². The minimum atomic E-state index is -4.82. The highest BCUT2D eigenvalue weighted by atomic mass is 35.5. The molecule has 1 heterocycles. The van der Waals surface area contributed by atoms with Crippen LogP contribution < -0.4 is 5.56 Å². The molecule has 0 amide bonds. The molecular formula is C10H11ClF3NO3. The molecule has 3 N–H and O–H groups in total. The lowest BCUT2D eigenvalue weighted by Gasteiger charge is -2.17. The van der Waals surface area contributed by atoms with Crippen molar-refractivity contribution in [3.05, 3.63) is 33.7 Å². The number of rotatable bonds is 4. The summed E-state index contributed by atoms with van der Waals surface area (Å²) in [6.45, 7) is 0. The highest BCUT2D eigenvalue weighted by Crippen LogP contribution is 2.28. The molecule has 0 bridgehead atoms. The summed E-state index contributed by atoms with van der Waals surface area (Å²) >= 11 is 5.35. The van der Waals surface area contributed by atoms with Crippen molar-refractivity contribution in [3.8, 4) is 0 Å². The van der Waals surface area contributed by atoms with Crippen molar-refractivity contribution in [1.29, 1.82) is 0 Å². The molecule has 0 spiro atoms. The minimum Gasteiger partial charge on any atom is -0.390 e. The number of H-pyrrole nitrogens is 1. The van der Waals surface area contributed by atoms with Gasteiger partial charge < -0.3 is 15.2 Å². The van der Waals surface area contributed by atoms with E-state index in [1.807, 2.05) is 4.98 Å². The Morgan fingerprint density at radius 1 is 1.39 bits per heavy atom. The maximum absolute atomic E-state index is 12.5. The van der Waals surface area contributed by atoms with E-state index in [2.05, 4.69) is 0 Å². The number of nitrogens with one attached hydrogen (secondary N) is 1. The smallest absolute Gasteiger partial charge is 0.390 e. The standard InChI is InChI=1S/C10H11ClF3NO3/c11-2-1-7(16)8(17)5-3-6(10(12,13)14)9(18)15-4-5/h3-4,7-8,16-17H,1-2H2,(H,15,18). The quantitative estimate of drug-likeness (QED) is 0.733. The lowest BCUT2D eigenvalue weighted by molar-refractivity contribution is -0.138. The number of aliphatic hydroxyl groups is 2. The molecule has 0 saturated carbocycles. The van der Waals surface area contributed by atoms with Crippen molar-refractivity contribution in [2.24, 2.45) is 0 Å². The Kier molecular flexibility index (Phi) is 4.78. The Labute approximate surface area is 105 Å². The van der Waals surface area contributed by atoms with Crippen LogP contribution >= 0.6 is 11.6 Å². The molecule has 0 aliphatic carbocycles. The Hall–Kier alpha value is -1.05. The second kappa shape index (κ2) is 5.73. The number of alkyl halides is 4. The van der Waals surface area contributed by atoms with Crippen molar-refractivity contribution < 1.29 is 23.4 Å². The first-order chi connectivity index (χ1) is 8.27. The van der Waals surface area contributed by atoms with Crippen molar-refractivity contribution >= 4 is 11.6 Å². The summed E-state index contributed by atoms with van der Waals surface area (Å²) < 4.78 is 37.4. The maximum Gasteiger partial charge on any atom is 0.421 e. The number of aliphatic hydroxyl groups excluding tert-OH is 2. The number of aromatic amines is 1. The van der Waals surface area contributed by atoms with E-state index < -0.39 is 29.5 Å². The summed E-state index contributed by atoms with van der Waals surface area (Å²) in [5, 5.41) is 19.0. The molecule has 2 atom stereocenters. The van der Waals surface area contributed by atoms with Crippen LogP contribution in [0.2, 0.25) is 0 Å². The van der Waals surface area contributed by atoms with Crippen LogP contribution in [0.25, 0.3) is 0 Å². The number of hydrogen-bond acceptors (Lipinski definition) is 3. The fourth-order valence-electron chi connectivity index (χ4n) is 1.37. The Balaban J connectivity index is 3.09. The average Bonchev–Trinajstić information content (AvgIpc) is 2.27. The molecule has 18 heavy (non-hydrogen) atoms. The van der Waals surface area contributed by atoms with Crippen LogP contribution in [0.15, 0.2) is 17.1 Å². The first-order valence-corrected chi connectivity index (χ1v) is 5.52. The van der Waals surface area contributed by atoms with E-state index in [4.69, 9.17) is 11.6 Å². The number of pyridine rings is 1. The van der Waals surface area contributed by atoms with Gasteiger partial charge in [-0.3, -0.25) is 4.79 Å². The molecule has 8 heteroatoms. The van der Waals surface area contributed by atoms with Crippen LogP contribution in [-0.4, -0.2) is 27.2 Å². The average molecular weight is 286 g/mol. The van der Waals surface area contributed by atoms with Gasteiger partial charge in [0.2, 0.25) is 0 Å². The first kappa shape index (κ1) is 15.0. The number of aromatic nitrogens is 1. The summed E-state index contributed by atoms with van der Waals surface area (Å²) in [4.78, 5) is 12.9. The summed E-state index contributed by atoms with van der Waals surface area (Å²) in [7, 11) is 0. The molecule has 0 radical (unpaired) electrons. The molecule has 0 aliphatic rings. The second-order valence-electron chi connectivity index (χ2n) is 3.66. The SMILES string of the molecule is O=c1[nH]cc(C(O)C(O)CCCl)cc1C(F)(F)F. The van der Waals surface area contributed by atoms with Gasteiger partial charge in [-0.05, 0) is 18.1 Å². The highest BCUT2D eigenvalue weighted by molar-refractivity contribution is 6.17. The third-order valence-electron chi connectivity index (χ3n) is 2.34. The third kappa shape index (κ3) is 3.47. The predicted molar refractivity (Wildman–Crippen MR) is 58.4 cm³/mol. The van der Waals surface area contributed by atoms with Gasteiger partial charge in [-0.15, -0.1) is 11.6 Å². The summed E-state index contributed by atoms with van der Waals surface area (Å²) in [6, 6.07) is 0.515. The van der Waals surface area contributed by atoms with E-state index >= 15 is 0 Å². The van der Waals surface area contributed by atoms with Crippen LogP contribution in [0, 0.1) is 0 Å². The van der Waals surface area contributed by atoms with Gasteiger partial charge >= 0.3 is 6.18 Å². The van der Waals surface area contributed by atoms with Crippen LogP contribution in [0.3, 0.4) is 0 Å². The highest BCUT2D eigenvalue weighted by Gasteiger charge is 2.35. The van der Waals surface area contributed by atoms with Crippen molar-refractivity contribution in [1.82, 2.24) is 4.98 Å². The molecule has 0 aromatic carbocycles. The fourth-order valence-corrected chi connectivity index (χ4v) is 1.60. The second-order valence-corrected chi connectivity index (χ2v) is 4.04. The van der Waals surface area contributed by atoms with Crippen molar-refractivity contribution in [2.45, 2.75) is 24.8 Å². The molecule has 1 aromatic rings. The molecular weight excluding hydrogens is 275 g/mol. The van der Waals surface area contributed by atoms with Crippen LogP contribution in [0.1, 0.15) is 23.7 Å². The molecule has 0 aliphatic heterocycles. The van der Waals surface area contributed by atoms with E-state index in [-0.39, 0.29) is 17.9 Å². The van der Waals surface area contributed by atoms with Crippen molar-refractivity contribution in [2.75, 3.05) is 5.88 Å². The number of hydrogen-bond donors (Lipinski definition) is 3. The molecule has 1 aromatic heterocycles. The van der Waals surface area contributed by atoms with E-state index in [1.165, 1.54) is 0 Å². The number of halogens is 4. The third-order valence-corrected chi connectivity index (χ3v) is 2.56. The van der Waals surface area contributed by atoms with Crippen LogP contribution in [-0.2, 0) is 6.18 Å². The zero-order valence-electron chi connectivity index (χ0n) is 9.04. The molecule has 2 unspecified atom stereocenters. The molecule has 0 fully saturated rings. The Morgan fingerprint density at radius 2 is 2.00 bits per heavy atom. The summed E-state index contributed by atoms with van der Waals surface area (Å²) in [6.07, 6.45) is -6.71. The monoisotopic (exact) mass is 285 g/mol. The zero-order valence-corrected chi connectivity index (χ0v) is 9.79. The summed E-state index contributed by atoms with van der Waals surface area (Å²) in [5.74, 6) is 0.0493. The maximum atomic E-state index is 12.5. The normalized spacial score (nSPS) is 15.4. The topological polar surface area (TPSA) is 73.3 Å². The summed E-state index contributed by atoms with van der Waals surface area (Å²) in [5.41, 5.74) is -2.94. The van der Waals surface area contributed by atoms with Gasteiger partial charge in [0.05, 0.1) is 6.10 Å². The van der Waals surface area contributed by atoms with Gasteiger partial charge in [-0.2, -0.15) is 13.2 Å². The van der Waals surface area contributed by atoms with E-state index in [0.29, 0.717) is 6.07 Å². The lowest BCUT2D eigenvalue weighted by Crippen LogP contribution is -2.24. The van der Waals surface area contributed by atoms with E-state index in [1.54, 1.807) is 0 Å². The first-order valence-electron chi connectivity index (χ1n) is 4.99. The van der Waals surface area contributed by atoms with Gasteiger partial charge in [0.1, 0.15) is 11.7 Å². The lowest BCUT2D eigenvalue weighted by atomic mass is 10.0. The largest absolute Gasteiger partial charge is 0.421 e. The predicted octanol–water partition coefficient (Wildman–Crippen LogP) is 1.42. The molecule has 4 nitrogen and oxygen atoms in total. The molecule has 0 saturated heterocycles. The Morgan fingerprint density at radius 3 is 2.50 bits per heavy atom. The fraction of sp³-hybridized carbons (Fsp3) is 0.500. The molecule has 102 valence electrons. The Bertz CT molecular complexity index is 460. The van der Waals surface area contributed by atoms with Gasteiger partial charge in [0, 0.05) is 12.1 Å². The van der Waals surface area contributed by atoms with Crippen LogP contribution in [0.4, 0.5) is 13.2 Å². The van der Waals surface area contributed by atoms with E-state index in [0.717, 1.165) is 6.20 Å². The van der Waals surface area contributed by atoms with Gasteiger partial charge in [-0.25, -0.2) is 0 Å². The van der Waals surface area contributed by atoms with E-state index in [9.17, 15) is 28.2 Å². The van der Waals surface area contributed by atoms with Gasteiger partial charge in [0.25, 0.3) is 5.56 Å². The molecule has 1 rings (SSSR count). The minimum absolute atomic E-state index is 0.0171. The van der Waals surface area contributed by atoms with Gasteiger partial charge in [-0.1, -0.05) is 0 Å².